The number of H-pyrrole nitrogens is 1. The third-order valence-electron chi connectivity index (χ3n) is 3.15. The third-order valence-corrected chi connectivity index (χ3v) is 5.01. The van der Waals surface area contributed by atoms with Crippen LogP contribution in [0.5, 0.6) is 0 Å². The standard InChI is InChI=1S/C11H20N4O2S/c1-3-6-15(10-4-5-12-7-10)18(16,17)11-8-13-9(2)14-11/h8,10,12H,3-7H2,1-2H3,(H,13,14). The number of aromatic nitrogens is 2. The molecule has 2 rings (SSSR count). The molecule has 1 atom stereocenters. The summed E-state index contributed by atoms with van der Waals surface area (Å²) in [4.78, 5) is 6.79. The second-order valence-corrected chi connectivity index (χ2v) is 6.45. The normalized spacial score (nSPS) is 20.7. The van der Waals surface area contributed by atoms with Crippen molar-refractivity contribution in [2.45, 2.75) is 37.8 Å². The van der Waals surface area contributed by atoms with E-state index in [1.807, 2.05) is 6.92 Å². The maximum absolute atomic E-state index is 12.5. The van der Waals surface area contributed by atoms with Crippen LogP contribution in [-0.4, -0.2) is 48.4 Å². The quantitative estimate of drug-likeness (QED) is 0.817. The Bertz CT molecular complexity index is 491. The maximum Gasteiger partial charge on any atom is 0.260 e. The molecule has 7 heteroatoms. The van der Waals surface area contributed by atoms with Crippen molar-refractivity contribution >= 4 is 10.0 Å². The number of sulfonamides is 1. The average molecular weight is 272 g/mol. The van der Waals surface area contributed by atoms with E-state index in [-0.39, 0.29) is 11.1 Å². The first kappa shape index (κ1) is 13.5. The van der Waals surface area contributed by atoms with Crippen molar-refractivity contribution in [2.75, 3.05) is 19.6 Å². The largest absolute Gasteiger partial charge is 0.332 e. The molecule has 2 heterocycles. The van der Waals surface area contributed by atoms with Gasteiger partial charge < -0.3 is 10.3 Å². The second-order valence-electron chi connectivity index (χ2n) is 4.60. The summed E-state index contributed by atoms with van der Waals surface area (Å²) in [6, 6.07) is 0.0542. The van der Waals surface area contributed by atoms with Crippen LogP contribution in [0.3, 0.4) is 0 Å². The Morgan fingerprint density at radius 1 is 1.56 bits per heavy atom. The van der Waals surface area contributed by atoms with Gasteiger partial charge in [0, 0.05) is 19.1 Å². The Labute approximate surface area is 108 Å². The van der Waals surface area contributed by atoms with Gasteiger partial charge in [0.25, 0.3) is 10.0 Å². The molecule has 0 aliphatic carbocycles. The van der Waals surface area contributed by atoms with Crippen LogP contribution in [0.2, 0.25) is 0 Å². The second kappa shape index (κ2) is 5.38. The van der Waals surface area contributed by atoms with Crippen LogP contribution in [0.1, 0.15) is 25.6 Å². The van der Waals surface area contributed by atoms with Crippen molar-refractivity contribution in [1.82, 2.24) is 19.6 Å². The van der Waals surface area contributed by atoms with E-state index in [0.717, 1.165) is 25.9 Å². The number of aryl methyl sites for hydroxylation is 1. The van der Waals surface area contributed by atoms with Gasteiger partial charge in [-0.1, -0.05) is 6.92 Å². The lowest BCUT2D eigenvalue weighted by Crippen LogP contribution is -2.42. The van der Waals surface area contributed by atoms with Gasteiger partial charge in [0.15, 0.2) is 5.03 Å². The van der Waals surface area contributed by atoms with Gasteiger partial charge in [-0.05, 0) is 26.3 Å². The molecule has 18 heavy (non-hydrogen) atoms. The van der Waals surface area contributed by atoms with Crippen molar-refractivity contribution in [1.29, 1.82) is 0 Å². The molecule has 2 N–H and O–H groups in total. The van der Waals surface area contributed by atoms with E-state index in [4.69, 9.17) is 0 Å². The molecule has 102 valence electrons. The minimum atomic E-state index is -3.45. The molecule has 0 radical (unpaired) electrons. The summed E-state index contributed by atoms with van der Waals surface area (Å²) in [7, 11) is -3.45. The molecule has 1 aliphatic heterocycles. The average Bonchev–Trinajstić information content (AvgIpc) is 2.96. The van der Waals surface area contributed by atoms with E-state index in [9.17, 15) is 8.42 Å². The number of hydrogen-bond donors (Lipinski definition) is 2. The molecular formula is C11H20N4O2S. The van der Waals surface area contributed by atoms with Gasteiger partial charge in [0.05, 0.1) is 6.20 Å². The molecule has 1 saturated heterocycles. The lowest BCUT2D eigenvalue weighted by molar-refractivity contribution is 0.334. The van der Waals surface area contributed by atoms with E-state index < -0.39 is 10.0 Å². The lowest BCUT2D eigenvalue weighted by atomic mass is 10.2. The molecule has 0 saturated carbocycles. The molecule has 0 aromatic carbocycles. The Balaban J connectivity index is 2.28. The van der Waals surface area contributed by atoms with Gasteiger partial charge in [0.2, 0.25) is 0 Å². The number of nitrogens with one attached hydrogen (secondary N) is 2. The minimum Gasteiger partial charge on any atom is -0.332 e. The molecule has 6 nitrogen and oxygen atoms in total. The zero-order valence-electron chi connectivity index (χ0n) is 10.8. The van der Waals surface area contributed by atoms with Crippen molar-refractivity contribution < 1.29 is 8.42 Å². The molecule has 0 bridgehead atoms. The number of aromatic amines is 1. The fourth-order valence-electron chi connectivity index (χ4n) is 2.26. The fraction of sp³-hybridized carbons (Fsp3) is 0.727. The topological polar surface area (TPSA) is 78.1 Å². The molecule has 1 aliphatic rings. The summed E-state index contributed by atoms with van der Waals surface area (Å²) in [5.41, 5.74) is 0. The van der Waals surface area contributed by atoms with Gasteiger partial charge in [-0.3, -0.25) is 0 Å². The molecule has 1 aromatic heterocycles. The summed E-state index contributed by atoms with van der Waals surface area (Å²) in [6.07, 6.45) is 3.07. The smallest absolute Gasteiger partial charge is 0.260 e. The molecular weight excluding hydrogens is 252 g/mol. The number of nitrogens with zero attached hydrogens (tertiary/aromatic N) is 2. The summed E-state index contributed by atoms with van der Waals surface area (Å²) >= 11 is 0. The van der Waals surface area contributed by atoms with E-state index in [0.29, 0.717) is 12.4 Å². The van der Waals surface area contributed by atoms with Crippen molar-refractivity contribution in [3.63, 3.8) is 0 Å². The monoisotopic (exact) mass is 272 g/mol. The first-order chi connectivity index (χ1) is 8.55. The van der Waals surface area contributed by atoms with Crippen LogP contribution in [0.25, 0.3) is 0 Å². The highest BCUT2D eigenvalue weighted by Crippen LogP contribution is 2.20. The Morgan fingerprint density at radius 3 is 2.83 bits per heavy atom. The Kier molecular flexibility index (Phi) is 4.04. The van der Waals surface area contributed by atoms with Crippen LogP contribution in [0, 0.1) is 6.92 Å². The molecule has 1 unspecified atom stereocenters. The van der Waals surface area contributed by atoms with Gasteiger partial charge >= 0.3 is 0 Å². The summed E-state index contributed by atoms with van der Waals surface area (Å²) in [5, 5.41) is 3.40. The SMILES string of the molecule is CCCN(C1CCNC1)S(=O)(=O)c1cnc(C)[nH]1. The zero-order chi connectivity index (χ0) is 13.2. The van der Waals surface area contributed by atoms with Crippen molar-refractivity contribution in [2.24, 2.45) is 0 Å². The van der Waals surface area contributed by atoms with Gasteiger partial charge in [-0.2, -0.15) is 4.31 Å². The minimum absolute atomic E-state index is 0.0542. The van der Waals surface area contributed by atoms with Crippen LogP contribution >= 0.6 is 0 Å². The molecule has 0 spiro atoms. The Hall–Kier alpha value is -0.920. The third kappa shape index (κ3) is 2.57. The van der Waals surface area contributed by atoms with Crippen LogP contribution in [-0.2, 0) is 10.0 Å². The van der Waals surface area contributed by atoms with E-state index in [1.54, 1.807) is 11.2 Å². The zero-order valence-corrected chi connectivity index (χ0v) is 11.6. The van der Waals surface area contributed by atoms with E-state index >= 15 is 0 Å². The van der Waals surface area contributed by atoms with Crippen molar-refractivity contribution in [3.8, 4) is 0 Å². The fourth-order valence-corrected chi connectivity index (χ4v) is 3.97. The number of rotatable bonds is 5. The predicted octanol–water partition coefficient (Wildman–Crippen LogP) is 0.481. The van der Waals surface area contributed by atoms with Gasteiger partial charge in [-0.25, -0.2) is 13.4 Å². The summed E-state index contributed by atoms with van der Waals surface area (Å²) in [5.74, 6) is 0.620. The lowest BCUT2D eigenvalue weighted by Gasteiger charge is -2.26. The first-order valence-electron chi connectivity index (χ1n) is 6.30. The summed E-state index contributed by atoms with van der Waals surface area (Å²) in [6.45, 7) is 5.89. The van der Waals surface area contributed by atoms with Crippen LogP contribution in [0.4, 0.5) is 0 Å². The van der Waals surface area contributed by atoms with Crippen LogP contribution < -0.4 is 5.32 Å². The van der Waals surface area contributed by atoms with E-state index in [1.165, 1.54) is 6.20 Å². The number of hydrogen-bond acceptors (Lipinski definition) is 4. The predicted molar refractivity (Wildman–Crippen MR) is 68.8 cm³/mol. The maximum atomic E-state index is 12.5. The molecule has 1 fully saturated rings. The molecule has 1 aromatic rings. The van der Waals surface area contributed by atoms with Gasteiger partial charge in [-0.15, -0.1) is 0 Å². The highest BCUT2D eigenvalue weighted by Gasteiger charge is 2.33. The van der Waals surface area contributed by atoms with Crippen LogP contribution in [0.15, 0.2) is 11.2 Å². The molecule has 0 amide bonds. The highest BCUT2D eigenvalue weighted by atomic mass is 32.2. The summed E-state index contributed by atoms with van der Waals surface area (Å²) < 4.78 is 26.7. The van der Waals surface area contributed by atoms with Crippen molar-refractivity contribution in [3.05, 3.63) is 12.0 Å². The first-order valence-corrected chi connectivity index (χ1v) is 7.74. The highest BCUT2D eigenvalue weighted by molar-refractivity contribution is 7.89. The van der Waals surface area contributed by atoms with Gasteiger partial charge in [0.1, 0.15) is 5.82 Å². The van der Waals surface area contributed by atoms with E-state index in [2.05, 4.69) is 15.3 Å². The number of imidazole rings is 1. The Morgan fingerprint density at radius 2 is 2.33 bits per heavy atom.